The molecule has 1 aliphatic heterocycles. The third-order valence-electron chi connectivity index (χ3n) is 5.59. The molecule has 3 rings (SSSR count). The van der Waals surface area contributed by atoms with E-state index in [4.69, 9.17) is 0 Å². The SMILES string of the molecule is CCC(C(=O)NCc1ccccc1)N1CCCN(S(=O)(=O)c2ccc(C)cc2)CC1. The molecule has 1 saturated heterocycles. The molecule has 1 atom stereocenters. The van der Waals surface area contributed by atoms with E-state index in [0.29, 0.717) is 50.5 Å². The number of nitrogens with zero attached hydrogens (tertiary/aromatic N) is 2. The molecule has 2 aromatic rings. The zero-order valence-electron chi connectivity index (χ0n) is 17.8. The average Bonchev–Trinajstić information content (AvgIpc) is 3.01. The van der Waals surface area contributed by atoms with Gasteiger partial charge in [0.2, 0.25) is 15.9 Å². The maximum atomic E-state index is 13.0. The van der Waals surface area contributed by atoms with Crippen LogP contribution < -0.4 is 5.32 Å². The lowest BCUT2D eigenvalue weighted by molar-refractivity contribution is -0.126. The average molecular weight is 430 g/mol. The zero-order valence-corrected chi connectivity index (χ0v) is 18.6. The van der Waals surface area contributed by atoms with Gasteiger partial charge in [0.25, 0.3) is 0 Å². The number of amides is 1. The van der Waals surface area contributed by atoms with Crippen LogP contribution in [0.3, 0.4) is 0 Å². The lowest BCUT2D eigenvalue weighted by atomic mass is 10.1. The van der Waals surface area contributed by atoms with Crippen molar-refractivity contribution in [3.05, 3.63) is 65.7 Å². The first-order valence-corrected chi connectivity index (χ1v) is 12.0. The van der Waals surface area contributed by atoms with Crippen molar-refractivity contribution < 1.29 is 13.2 Å². The first-order chi connectivity index (χ1) is 14.4. The maximum absolute atomic E-state index is 13.0. The van der Waals surface area contributed by atoms with E-state index >= 15 is 0 Å². The van der Waals surface area contributed by atoms with Gasteiger partial charge in [0.05, 0.1) is 10.9 Å². The number of nitrogens with one attached hydrogen (secondary N) is 1. The highest BCUT2D eigenvalue weighted by Gasteiger charge is 2.30. The first kappa shape index (κ1) is 22.5. The summed E-state index contributed by atoms with van der Waals surface area (Å²) >= 11 is 0. The van der Waals surface area contributed by atoms with Crippen molar-refractivity contribution in [1.82, 2.24) is 14.5 Å². The minimum absolute atomic E-state index is 0.00352. The Morgan fingerprint density at radius 2 is 1.70 bits per heavy atom. The number of aryl methyl sites for hydroxylation is 1. The summed E-state index contributed by atoms with van der Waals surface area (Å²) in [6.07, 6.45) is 1.39. The molecule has 1 fully saturated rings. The summed E-state index contributed by atoms with van der Waals surface area (Å²) in [5.41, 5.74) is 2.09. The number of sulfonamides is 1. The van der Waals surface area contributed by atoms with Crippen molar-refractivity contribution in [2.24, 2.45) is 0 Å². The monoisotopic (exact) mass is 429 g/mol. The van der Waals surface area contributed by atoms with Crippen LogP contribution in [0, 0.1) is 6.92 Å². The molecule has 30 heavy (non-hydrogen) atoms. The quantitative estimate of drug-likeness (QED) is 0.735. The summed E-state index contributed by atoms with van der Waals surface area (Å²) in [6.45, 7) is 6.54. The van der Waals surface area contributed by atoms with Crippen LogP contribution in [0.15, 0.2) is 59.5 Å². The molecule has 0 spiro atoms. The summed E-state index contributed by atoms with van der Waals surface area (Å²) in [5.74, 6) is -0.00352. The molecular formula is C23H31N3O3S. The van der Waals surface area contributed by atoms with Crippen LogP contribution in [0.1, 0.15) is 30.9 Å². The van der Waals surface area contributed by atoms with E-state index in [1.165, 1.54) is 0 Å². The van der Waals surface area contributed by atoms with Crippen molar-refractivity contribution >= 4 is 15.9 Å². The second kappa shape index (κ2) is 10.2. The van der Waals surface area contributed by atoms with E-state index in [-0.39, 0.29) is 11.9 Å². The van der Waals surface area contributed by atoms with E-state index < -0.39 is 10.0 Å². The molecule has 1 amide bonds. The number of benzene rings is 2. The molecule has 0 bridgehead atoms. The molecule has 0 aromatic heterocycles. The highest BCUT2D eigenvalue weighted by Crippen LogP contribution is 2.19. The first-order valence-electron chi connectivity index (χ1n) is 10.5. The Morgan fingerprint density at radius 3 is 2.37 bits per heavy atom. The fourth-order valence-electron chi connectivity index (χ4n) is 3.84. The standard InChI is InChI=1S/C23H31N3O3S/c1-3-22(23(27)24-18-20-8-5-4-6-9-20)25-14-7-15-26(17-16-25)30(28,29)21-12-10-19(2)11-13-21/h4-6,8-13,22H,3,7,14-18H2,1-2H3,(H,24,27). The second-order valence-corrected chi connectivity index (χ2v) is 9.67. The van der Waals surface area contributed by atoms with Gasteiger partial charge in [-0.15, -0.1) is 0 Å². The molecule has 1 aliphatic rings. The Bertz CT molecular complexity index is 930. The number of carbonyl (C=O) groups excluding carboxylic acids is 1. The zero-order chi connectivity index (χ0) is 21.6. The van der Waals surface area contributed by atoms with Crippen molar-refractivity contribution in [3.8, 4) is 0 Å². The number of hydrogen-bond acceptors (Lipinski definition) is 4. The smallest absolute Gasteiger partial charge is 0.243 e. The maximum Gasteiger partial charge on any atom is 0.243 e. The minimum Gasteiger partial charge on any atom is -0.351 e. The molecule has 0 radical (unpaired) electrons. The number of hydrogen-bond donors (Lipinski definition) is 1. The van der Waals surface area contributed by atoms with Crippen LogP contribution in [0.25, 0.3) is 0 Å². The van der Waals surface area contributed by atoms with Gasteiger partial charge in [0.15, 0.2) is 0 Å². The van der Waals surface area contributed by atoms with Crippen LogP contribution in [0.4, 0.5) is 0 Å². The van der Waals surface area contributed by atoms with E-state index in [0.717, 1.165) is 11.1 Å². The predicted octanol–water partition coefficient (Wildman–Crippen LogP) is 2.79. The van der Waals surface area contributed by atoms with E-state index in [9.17, 15) is 13.2 Å². The Labute approximate surface area is 179 Å². The fraction of sp³-hybridized carbons (Fsp3) is 0.435. The van der Waals surface area contributed by atoms with Gasteiger partial charge < -0.3 is 5.32 Å². The molecule has 162 valence electrons. The minimum atomic E-state index is -3.52. The van der Waals surface area contributed by atoms with Gasteiger partial charge in [-0.25, -0.2) is 8.42 Å². The molecule has 1 unspecified atom stereocenters. The lowest BCUT2D eigenvalue weighted by Crippen LogP contribution is -2.48. The molecule has 1 heterocycles. The van der Waals surface area contributed by atoms with Gasteiger partial charge in [-0.1, -0.05) is 55.0 Å². The lowest BCUT2D eigenvalue weighted by Gasteiger charge is -2.29. The van der Waals surface area contributed by atoms with Gasteiger partial charge in [-0.05, 0) is 37.5 Å². The van der Waals surface area contributed by atoms with Crippen LogP contribution in [-0.2, 0) is 21.4 Å². The third-order valence-corrected chi connectivity index (χ3v) is 7.50. The van der Waals surface area contributed by atoms with Gasteiger partial charge in [-0.3, -0.25) is 9.69 Å². The number of rotatable bonds is 7. The molecule has 7 heteroatoms. The Morgan fingerprint density at radius 1 is 1.00 bits per heavy atom. The van der Waals surface area contributed by atoms with Crippen molar-refractivity contribution in [3.63, 3.8) is 0 Å². The second-order valence-electron chi connectivity index (χ2n) is 7.73. The van der Waals surface area contributed by atoms with Crippen LogP contribution in [-0.4, -0.2) is 55.8 Å². The summed E-state index contributed by atoms with van der Waals surface area (Å²) in [5, 5.41) is 3.03. The summed E-state index contributed by atoms with van der Waals surface area (Å²) < 4.78 is 27.6. The Kier molecular flexibility index (Phi) is 7.64. The fourth-order valence-corrected chi connectivity index (χ4v) is 5.31. The highest BCUT2D eigenvalue weighted by atomic mass is 32.2. The predicted molar refractivity (Wildman–Crippen MR) is 118 cm³/mol. The summed E-state index contributed by atoms with van der Waals surface area (Å²) in [6, 6.07) is 16.6. The summed E-state index contributed by atoms with van der Waals surface area (Å²) in [7, 11) is -3.52. The molecular weight excluding hydrogens is 398 g/mol. The molecule has 0 saturated carbocycles. The highest BCUT2D eigenvalue weighted by molar-refractivity contribution is 7.89. The van der Waals surface area contributed by atoms with Crippen molar-refractivity contribution in [1.29, 1.82) is 0 Å². The third kappa shape index (κ3) is 5.47. The Balaban J connectivity index is 1.62. The van der Waals surface area contributed by atoms with E-state index in [1.54, 1.807) is 16.4 Å². The topological polar surface area (TPSA) is 69.7 Å². The van der Waals surface area contributed by atoms with Gasteiger partial charge >= 0.3 is 0 Å². The van der Waals surface area contributed by atoms with Crippen molar-refractivity contribution in [2.75, 3.05) is 26.2 Å². The van der Waals surface area contributed by atoms with Gasteiger partial charge in [0, 0.05) is 32.7 Å². The summed E-state index contributed by atoms with van der Waals surface area (Å²) in [4.78, 5) is 15.3. The molecule has 1 N–H and O–H groups in total. The normalized spacial score (nSPS) is 17.3. The van der Waals surface area contributed by atoms with Crippen LogP contribution >= 0.6 is 0 Å². The molecule has 2 aromatic carbocycles. The van der Waals surface area contributed by atoms with Crippen LogP contribution in [0.5, 0.6) is 0 Å². The van der Waals surface area contributed by atoms with E-state index in [2.05, 4.69) is 10.2 Å². The largest absolute Gasteiger partial charge is 0.351 e. The van der Waals surface area contributed by atoms with Gasteiger partial charge in [0.1, 0.15) is 0 Å². The van der Waals surface area contributed by atoms with Gasteiger partial charge in [-0.2, -0.15) is 4.31 Å². The van der Waals surface area contributed by atoms with Crippen molar-refractivity contribution in [2.45, 2.75) is 44.2 Å². The van der Waals surface area contributed by atoms with Crippen LogP contribution in [0.2, 0.25) is 0 Å². The molecule has 0 aliphatic carbocycles. The number of carbonyl (C=O) groups is 1. The Hall–Kier alpha value is -2.22. The van der Waals surface area contributed by atoms with E-state index in [1.807, 2.05) is 56.3 Å². The molecule has 6 nitrogen and oxygen atoms in total.